The Balaban J connectivity index is 2.24. The van der Waals surface area contributed by atoms with Crippen LogP contribution in [-0.4, -0.2) is 21.4 Å². The normalized spacial score (nSPS) is 28.1. The van der Waals surface area contributed by atoms with Crippen molar-refractivity contribution in [1.29, 1.82) is 0 Å². The molecule has 2 atom stereocenters. The van der Waals surface area contributed by atoms with Gasteiger partial charge in [-0.05, 0) is 41.4 Å². The highest BCUT2D eigenvalue weighted by atomic mass is 127. The van der Waals surface area contributed by atoms with Crippen molar-refractivity contribution in [3.05, 3.63) is 20.3 Å². The summed E-state index contributed by atoms with van der Waals surface area (Å²) in [6.45, 7) is 2.25. The fraction of sp³-hybridized carbons (Fsp3) is 0.667. The Labute approximate surface area is 125 Å². The Morgan fingerprint density at radius 3 is 3.17 bits per heavy atom. The molecule has 0 bridgehead atoms. The number of aromatic nitrogens is 2. The quantitative estimate of drug-likeness (QED) is 0.625. The molecule has 1 aromatic heterocycles. The minimum absolute atomic E-state index is 0.110. The van der Waals surface area contributed by atoms with E-state index >= 15 is 0 Å². The molecule has 100 valence electrons. The zero-order valence-electron chi connectivity index (χ0n) is 10.3. The van der Waals surface area contributed by atoms with E-state index in [0.717, 1.165) is 12.8 Å². The largest absolute Gasteiger partial charge is 0.362 e. The summed E-state index contributed by atoms with van der Waals surface area (Å²) in [5.41, 5.74) is -0.235. The Kier molecular flexibility index (Phi) is 4.53. The van der Waals surface area contributed by atoms with Gasteiger partial charge in [0.25, 0.3) is 5.56 Å². The third kappa shape index (κ3) is 2.99. The van der Waals surface area contributed by atoms with Crippen LogP contribution in [0.2, 0.25) is 0 Å². The van der Waals surface area contributed by atoms with Gasteiger partial charge in [-0.15, -0.1) is 11.6 Å². The lowest BCUT2D eigenvalue weighted by Crippen LogP contribution is -2.45. The maximum absolute atomic E-state index is 11.6. The first-order valence-corrected chi connectivity index (χ1v) is 7.75. The Morgan fingerprint density at radius 2 is 2.50 bits per heavy atom. The highest BCUT2D eigenvalue weighted by molar-refractivity contribution is 14.1. The molecule has 1 aliphatic carbocycles. The minimum atomic E-state index is -0.125. The number of alkyl halides is 1. The number of nitrogens with zero attached hydrogens (tertiary/aromatic N) is 1. The van der Waals surface area contributed by atoms with Gasteiger partial charge in [0.1, 0.15) is 9.39 Å². The van der Waals surface area contributed by atoms with Crippen LogP contribution in [0.5, 0.6) is 0 Å². The van der Waals surface area contributed by atoms with Crippen molar-refractivity contribution in [3.63, 3.8) is 0 Å². The van der Waals surface area contributed by atoms with Gasteiger partial charge in [0, 0.05) is 5.88 Å². The number of anilines is 1. The average molecular weight is 382 g/mol. The maximum Gasteiger partial charge on any atom is 0.266 e. The van der Waals surface area contributed by atoms with Crippen LogP contribution in [0.25, 0.3) is 0 Å². The second kappa shape index (κ2) is 5.77. The summed E-state index contributed by atoms with van der Waals surface area (Å²) >= 11 is 8.18. The van der Waals surface area contributed by atoms with Crippen LogP contribution >= 0.6 is 34.2 Å². The fourth-order valence-electron chi connectivity index (χ4n) is 2.65. The summed E-state index contributed by atoms with van der Waals surface area (Å²) in [5.74, 6) is 1.85. The van der Waals surface area contributed by atoms with Crippen molar-refractivity contribution < 1.29 is 0 Å². The third-order valence-corrected chi connectivity index (χ3v) is 5.04. The molecule has 4 nitrogen and oxygen atoms in total. The first-order chi connectivity index (χ1) is 8.56. The lowest BCUT2D eigenvalue weighted by Gasteiger charge is -2.39. The molecule has 0 radical (unpaired) electrons. The van der Waals surface area contributed by atoms with Gasteiger partial charge in [-0.1, -0.05) is 19.8 Å². The van der Waals surface area contributed by atoms with E-state index in [-0.39, 0.29) is 11.1 Å². The van der Waals surface area contributed by atoms with E-state index in [4.69, 9.17) is 11.6 Å². The molecule has 2 N–H and O–H groups in total. The van der Waals surface area contributed by atoms with Crippen LogP contribution in [0.15, 0.2) is 11.1 Å². The summed E-state index contributed by atoms with van der Waals surface area (Å²) < 4.78 is 0.595. The minimum Gasteiger partial charge on any atom is -0.362 e. The zero-order valence-corrected chi connectivity index (χ0v) is 13.2. The molecular weight excluding hydrogens is 365 g/mol. The fourth-order valence-corrected chi connectivity index (χ4v) is 3.39. The number of rotatable bonds is 3. The lowest BCUT2D eigenvalue weighted by molar-refractivity contribution is 0.279. The van der Waals surface area contributed by atoms with E-state index in [1.54, 1.807) is 0 Å². The van der Waals surface area contributed by atoms with E-state index in [1.807, 2.05) is 22.6 Å². The van der Waals surface area contributed by atoms with Crippen LogP contribution in [0.1, 0.15) is 32.6 Å². The van der Waals surface area contributed by atoms with E-state index in [2.05, 4.69) is 22.2 Å². The predicted octanol–water partition coefficient (Wildman–Crippen LogP) is 2.97. The molecule has 0 amide bonds. The summed E-state index contributed by atoms with van der Waals surface area (Å²) in [6.07, 6.45) is 5.91. The number of nitrogens with one attached hydrogen (secondary N) is 2. The predicted molar refractivity (Wildman–Crippen MR) is 82.3 cm³/mol. The van der Waals surface area contributed by atoms with Crippen molar-refractivity contribution in [3.8, 4) is 0 Å². The summed E-state index contributed by atoms with van der Waals surface area (Å²) in [7, 11) is 0. The summed E-state index contributed by atoms with van der Waals surface area (Å²) in [6, 6.07) is 0. The molecule has 0 saturated heterocycles. The van der Waals surface area contributed by atoms with Crippen LogP contribution in [0.4, 0.5) is 5.82 Å². The van der Waals surface area contributed by atoms with Gasteiger partial charge in [0.15, 0.2) is 0 Å². The molecule has 2 rings (SSSR count). The second-order valence-corrected chi connectivity index (χ2v) is 6.48. The van der Waals surface area contributed by atoms with Gasteiger partial charge in [-0.25, -0.2) is 4.98 Å². The highest BCUT2D eigenvalue weighted by Crippen LogP contribution is 2.35. The molecular formula is C12H17ClIN3O. The number of aromatic amines is 1. The Hall–Kier alpha value is -0.300. The molecule has 1 heterocycles. The third-order valence-electron chi connectivity index (χ3n) is 3.53. The van der Waals surface area contributed by atoms with Gasteiger partial charge < -0.3 is 10.3 Å². The topological polar surface area (TPSA) is 57.8 Å². The molecule has 1 fully saturated rings. The van der Waals surface area contributed by atoms with Crippen LogP contribution < -0.4 is 10.9 Å². The molecule has 0 spiro atoms. The van der Waals surface area contributed by atoms with Gasteiger partial charge in [-0.2, -0.15) is 0 Å². The Morgan fingerprint density at radius 1 is 1.72 bits per heavy atom. The highest BCUT2D eigenvalue weighted by Gasteiger charge is 2.35. The number of hydrogen-bond acceptors (Lipinski definition) is 3. The van der Waals surface area contributed by atoms with E-state index in [1.165, 1.54) is 19.2 Å². The first kappa shape index (κ1) is 14.1. The monoisotopic (exact) mass is 381 g/mol. The molecule has 0 aliphatic heterocycles. The van der Waals surface area contributed by atoms with Gasteiger partial charge in [0.05, 0.1) is 11.9 Å². The van der Waals surface area contributed by atoms with Crippen molar-refractivity contribution in [2.75, 3.05) is 11.2 Å². The van der Waals surface area contributed by atoms with Crippen LogP contribution in [-0.2, 0) is 0 Å². The van der Waals surface area contributed by atoms with Crippen molar-refractivity contribution >= 4 is 40.0 Å². The van der Waals surface area contributed by atoms with Crippen molar-refractivity contribution in [1.82, 2.24) is 9.97 Å². The second-order valence-electron chi connectivity index (χ2n) is 5.13. The average Bonchev–Trinajstić information content (AvgIpc) is 2.35. The smallest absolute Gasteiger partial charge is 0.266 e. The van der Waals surface area contributed by atoms with Crippen LogP contribution in [0.3, 0.4) is 0 Å². The molecule has 1 aliphatic rings. The molecule has 18 heavy (non-hydrogen) atoms. The molecule has 0 aromatic carbocycles. The van der Waals surface area contributed by atoms with Crippen LogP contribution in [0, 0.1) is 9.49 Å². The molecule has 2 unspecified atom stereocenters. The zero-order chi connectivity index (χ0) is 13.2. The van der Waals surface area contributed by atoms with Crippen molar-refractivity contribution in [2.24, 2.45) is 5.92 Å². The van der Waals surface area contributed by atoms with E-state index < -0.39 is 0 Å². The van der Waals surface area contributed by atoms with Gasteiger partial charge in [0.2, 0.25) is 0 Å². The standard InChI is InChI=1S/C12H17ClIN3O/c1-8-3-2-4-12(5-8,6-13)17-10-9(14)11(18)16-7-15-10/h7-8H,2-6H2,1H3,(H2,15,16,17,18). The van der Waals surface area contributed by atoms with E-state index in [9.17, 15) is 4.79 Å². The summed E-state index contributed by atoms with van der Waals surface area (Å²) in [5, 5.41) is 3.41. The molecule has 1 saturated carbocycles. The first-order valence-electron chi connectivity index (χ1n) is 6.14. The Bertz CT molecular complexity index is 479. The number of hydrogen-bond donors (Lipinski definition) is 2. The molecule has 6 heteroatoms. The van der Waals surface area contributed by atoms with E-state index in [0.29, 0.717) is 21.2 Å². The maximum atomic E-state index is 11.6. The lowest BCUT2D eigenvalue weighted by atomic mass is 9.77. The number of H-pyrrole nitrogens is 1. The van der Waals surface area contributed by atoms with Gasteiger partial charge >= 0.3 is 0 Å². The van der Waals surface area contributed by atoms with Crippen molar-refractivity contribution in [2.45, 2.75) is 38.1 Å². The number of halogens is 2. The SMILES string of the molecule is CC1CCCC(CCl)(Nc2nc[nH]c(=O)c2I)C1. The van der Waals surface area contributed by atoms with Gasteiger partial charge in [-0.3, -0.25) is 4.79 Å². The molecule has 1 aromatic rings. The summed E-state index contributed by atoms with van der Waals surface area (Å²) in [4.78, 5) is 18.4.